The molecule has 0 unspecified atom stereocenters. The Labute approximate surface area is 44.0 Å². The Hall–Kier alpha value is -0.590. The third-order valence-corrected chi connectivity index (χ3v) is 0.572. The lowest BCUT2D eigenvalue weighted by Gasteiger charge is -1.77. The standard InChI is InChI=1S/C6H9O/c1-3-4-5-6(2)7/h3-4H,1,5H2,2H3. The second-order valence-electron chi connectivity index (χ2n) is 1.38. The highest BCUT2D eigenvalue weighted by Gasteiger charge is 1.81. The van der Waals surface area contributed by atoms with Crippen molar-refractivity contribution in [3.63, 3.8) is 0 Å². The van der Waals surface area contributed by atoms with Crippen LogP contribution in [0.15, 0.2) is 12.2 Å². The van der Waals surface area contributed by atoms with E-state index in [1.807, 2.05) is 0 Å². The van der Waals surface area contributed by atoms with Gasteiger partial charge in [0.05, 0.1) is 0 Å². The zero-order valence-corrected chi connectivity index (χ0v) is 4.48. The molecule has 0 atom stereocenters. The number of hydrogen-bond acceptors (Lipinski definition) is 1. The van der Waals surface area contributed by atoms with Gasteiger partial charge in [-0.15, -0.1) is 0 Å². The topological polar surface area (TPSA) is 17.1 Å². The zero-order chi connectivity index (χ0) is 5.70. The minimum absolute atomic E-state index is 0.180. The van der Waals surface area contributed by atoms with Crippen molar-refractivity contribution in [2.75, 3.05) is 0 Å². The van der Waals surface area contributed by atoms with Crippen LogP contribution in [0.1, 0.15) is 13.3 Å². The molecule has 39 valence electrons. The Morgan fingerprint density at radius 2 is 2.43 bits per heavy atom. The SMILES string of the molecule is [CH2]C=CCC(C)=O. The molecule has 0 amide bonds. The Kier molecular flexibility index (Phi) is 3.29. The molecule has 0 bridgehead atoms. The molecule has 0 saturated carbocycles. The Morgan fingerprint density at radius 3 is 2.57 bits per heavy atom. The van der Waals surface area contributed by atoms with Gasteiger partial charge in [-0.2, -0.15) is 0 Å². The minimum Gasteiger partial charge on any atom is -0.300 e. The van der Waals surface area contributed by atoms with Gasteiger partial charge in [-0.1, -0.05) is 12.2 Å². The summed E-state index contributed by atoms with van der Waals surface area (Å²) in [5, 5.41) is 0. The summed E-state index contributed by atoms with van der Waals surface area (Å²) >= 11 is 0. The number of hydrogen-bond donors (Lipinski definition) is 0. The predicted octanol–water partition coefficient (Wildman–Crippen LogP) is 1.36. The number of ketones is 1. The molecule has 0 aromatic heterocycles. The van der Waals surface area contributed by atoms with Gasteiger partial charge in [0.25, 0.3) is 0 Å². The monoisotopic (exact) mass is 97.1 g/mol. The van der Waals surface area contributed by atoms with Gasteiger partial charge < -0.3 is 0 Å². The molecule has 0 aromatic rings. The Morgan fingerprint density at radius 1 is 1.86 bits per heavy atom. The molecular formula is C6H9O. The number of carbonyl (C=O) groups excluding carboxylic acids is 1. The molecule has 0 spiro atoms. The van der Waals surface area contributed by atoms with Crippen LogP contribution in [0.25, 0.3) is 0 Å². The van der Waals surface area contributed by atoms with Gasteiger partial charge in [0.1, 0.15) is 5.78 Å². The van der Waals surface area contributed by atoms with Crippen molar-refractivity contribution in [3.05, 3.63) is 19.1 Å². The molecule has 0 saturated heterocycles. The molecule has 0 aliphatic heterocycles. The second kappa shape index (κ2) is 3.59. The van der Waals surface area contributed by atoms with Crippen LogP contribution < -0.4 is 0 Å². The van der Waals surface area contributed by atoms with Crippen LogP contribution in [0.3, 0.4) is 0 Å². The van der Waals surface area contributed by atoms with Crippen LogP contribution in [0.2, 0.25) is 0 Å². The van der Waals surface area contributed by atoms with E-state index in [0.29, 0.717) is 6.42 Å². The molecule has 0 fully saturated rings. The number of Topliss-reactive ketones (excluding diaryl/α,β-unsaturated/α-hetero) is 1. The summed E-state index contributed by atoms with van der Waals surface area (Å²) in [6, 6.07) is 0. The van der Waals surface area contributed by atoms with Crippen LogP contribution >= 0.6 is 0 Å². The fraction of sp³-hybridized carbons (Fsp3) is 0.333. The number of allylic oxidation sites excluding steroid dienone is 2. The molecule has 0 heterocycles. The molecule has 7 heavy (non-hydrogen) atoms. The highest BCUT2D eigenvalue weighted by molar-refractivity contribution is 5.76. The van der Waals surface area contributed by atoms with E-state index in [-0.39, 0.29) is 5.78 Å². The summed E-state index contributed by atoms with van der Waals surface area (Å²) < 4.78 is 0. The number of rotatable bonds is 2. The maximum Gasteiger partial charge on any atom is 0.133 e. The van der Waals surface area contributed by atoms with Crippen LogP contribution in [-0.2, 0) is 4.79 Å². The molecule has 0 N–H and O–H groups in total. The molecule has 1 heteroatoms. The van der Waals surface area contributed by atoms with Crippen molar-refractivity contribution in [3.8, 4) is 0 Å². The second-order valence-corrected chi connectivity index (χ2v) is 1.38. The first-order chi connectivity index (χ1) is 3.27. The summed E-state index contributed by atoms with van der Waals surface area (Å²) in [6.07, 6.45) is 3.88. The quantitative estimate of drug-likeness (QED) is 0.508. The maximum absolute atomic E-state index is 10.1. The summed E-state index contributed by atoms with van der Waals surface area (Å²) in [5.74, 6) is 0.180. The maximum atomic E-state index is 10.1. The first-order valence-corrected chi connectivity index (χ1v) is 2.21. The smallest absolute Gasteiger partial charge is 0.133 e. The van der Waals surface area contributed by atoms with Crippen molar-refractivity contribution in [2.45, 2.75) is 13.3 Å². The fourth-order valence-corrected chi connectivity index (χ4v) is 0.249. The lowest BCUT2D eigenvalue weighted by Crippen LogP contribution is -1.82. The van der Waals surface area contributed by atoms with Gasteiger partial charge in [-0.05, 0) is 13.8 Å². The Bertz CT molecular complexity index is 82.2. The van der Waals surface area contributed by atoms with Crippen LogP contribution in [-0.4, -0.2) is 5.78 Å². The first kappa shape index (κ1) is 6.41. The fourth-order valence-electron chi connectivity index (χ4n) is 0.249. The van der Waals surface area contributed by atoms with Gasteiger partial charge in [0.2, 0.25) is 0 Å². The summed E-state index contributed by atoms with van der Waals surface area (Å²) in [6.45, 7) is 4.98. The van der Waals surface area contributed by atoms with E-state index < -0.39 is 0 Å². The third-order valence-electron chi connectivity index (χ3n) is 0.572. The molecule has 0 aromatic carbocycles. The van der Waals surface area contributed by atoms with Crippen LogP contribution in [0.5, 0.6) is 0 Å². The average molecular weight is 97.1 g/mol. The molecule has 1 radical (unpaired) electrons. The van der Waals surface area contributed by atoms with Crippen molar-refractivity contribution in [2.24, 2.45) is 0 Å². The molecule has 0 aliphatic carbocycles. The molecule has 0 aliphatic rings. The van der Waals surface area contributed by atoms with Gasteiger partial charge in [0.15, 0.2) is 0 Å². The highest BCUT2D eigenvalue weighted by Crippen LogP contribution is 1.81. The van der Waals surface area contributed by atoms with E-state index >= 15 is 0 Å². The van der Waals surface area contributed by atoms with Crippen LogP contribution in [0.4, 0.5) is 0 Å². The van der Waals surface area contributed by atoms with Crippen LogP contribution in [0, 0.1) is 6.92 Å². The summed E-state index contributed by atoms with van der Waals surface area (Å²) in [4.78, 5) is 10.1. The van der Waals surface area contributed by atoms with Gasteiger partial charge in [-0.3, -0.25) is 4.79 Å². The van der Waals surface area contributed by atoms with E-state index in [2.05, 4.69) is 6.92 Å². The van der Waals surface area contributed by atoms with Crippen molar-refractivity contribution >= 4 is 5.78 Å². The van der Waals surface area contributed by atoms with E-state index in [9.17, 15) is 4.79 Å². The molecule has 0 rings (SSSR count). The lowest BCUT2D eigenvalue weighted by atomic mass is 10.3. The zero-order valence-electron chi connectivity index (χ0n) is 4.48. The molecular weight excluding hydrogens is 88.1 g/mol. The third kappa shape index (κ3) is 5.41. The predicted molar refractivity (Wildman–Crippen MR) is 29.8 cm³/mol. The van der Waals surface area contributed by atoms with Crippen molar-refractivity contribution in [1.29, 1.82) is 0 Å². The van der Waals surface area contributed by atoms with Gasteiger partial charge in [0, 0.05) is 6.42 Å². The normalized spacial score (nSPS) is 10.0. The number of carbonyl (C=O) groups is 1. The van der Waals surface area contributed by atoms with Gasteiger partial charge in [-0.25, -0.2) is 0 Å². The largest absolute Gasteiger partial charge is 0.300 e. The van der Waals surface area contributed by atoms with E-state index in [1.165, 1.54) is 0 Å². The lowest BCUT2D eigenvalue weighted by molar-refractivity contribution is -0.116. The van der Waals surface area contributed by atoms with Crippen molar-refractivity contribution in [1.82, 2.24) is 0 Å². The minimum atomic E-state index is 0.180. The van der Waals surface area contributed by atoms with E-state index in [0.717, 1.165) is 0 Å². The average Bonchev–Trinajstić information content (AvgIpc) is 1.61. The van der Waals surface area contributed by atoms with Crippen molar-refractivity contribution < 1.29 is 4.79 Å². The summed E-state index contributed by atoms with van der Waals surface area (Å²) in [5.41, 5.74) is 0. The molecule has 1 nitrogen and oxygen atoms in total. The highest BCUT2D eigenvalue weighted by atomic mass is 16.1. The first-order valence-electron chi connectivity index (χ1n) is 2.21. The Balaban J connectivity index is 3.14. The van der Waals surface area contributed by atoms with E-state index in [1.54, 1.807) is 19.1 Å². The van der Waals surface area contributed by atoms with Gasteiger partial charge >= 0.3 is 0 Å². The summed E-state index contributed by atoms with van der Waals surface area (Å²) in [7, 11) is 0. The van der Waals surface area contributed by atoms with E-state index in [4.69, 9.17) is 0 Å².